The van der Waals surface area contributed by atoms with Gasteiger partial charge in [-0.2, -0.15) is 0 Å². The zero-order chi connectivity index (χ0) is 10.8. The van der Waals surface area contributed by atoms with Crippen LogP contribution in [0.4, 0.5) is 0 Å². The van der Waals surface area contributed by atoms with Gasteiger partial charge in [0.2, 0.25) is 0 Å². The summed E-state index contributed by atoms with van der Waals surface area (Å²) in [7, 11) is 0. The molecule has 0 radical (unpaired) electrons. The Morgan fingerprint density at radius 2 is 1.67 bits per heavy atom. The fourth-order valence-corrected chi connectivity index (χ4v) is 5.61. The Hall–Kier alpha value is 0. The lowest BCUT2D eigenvalue weighted by Crippen LogP contribution is -2.42. The predicted molar refractivity (Wildman–Crippen MR) is 64.6 cm³/mol. The van der Waals surface area contributed by atoms with Crippen molar-refractivity contribution in [3.05, 3.63) is 0 Å². The first-order valence-corrected chi connectivity index (χ1v) is 6.99. The summed E-state index contributed by atoms with van der Waals surface area (Å²) in [5.41, 5.74) is 1.37. The van der Waals surface area contributed by atoms with Crippen LogP contribution in [0.5, 0.6) is 0 Å². The van der Waals surface area contributed by atoms with E-state index >= 15 is 0 Å². The molecule has 0 aromatic carbocycles. The zero-order valence-corrected chi connectivity index (χ0v) is 10.8. The van der Waals surface area contributed by atoms with Crippen LogP contribution in [-0.4, -0.2) is 0 Å². The van der Waals surface area contributed by atoms with E-state index in [1.807, 2.05) is 0 Å². The second kappa shape index (κ2) is 2.81. The van der Waals surface area contributed by atoms with E-state index in [4.69, 9.17) is 0 Å². The van der Waals surface area contributed by atoms with Gasteiger partial charge in [0, 0.05) is 0 Å². The van der Waals surface area contributed by atoms with E-state index in [9.17, 15) is 0 Å². The van der Waals surface area contributed by atoms with Gasteiger partial charge >= 0.3 is 0 Å². The maximum absolute atomic E-state index is 2.63. The average Bonchev–Trinajstić information content (AvgIpc) is 2.73. The van der Waals surface area contributed by atoms with Gasteiger partial charge in [0.05, 0.1) is 0 Å². The van der Waals surface area contributed by atoms with Crippen LogP contribution in [0, 0.1) is 34.5 Å². The molecule has 0 heterocycles. The summed E-state index contributed by atoms with van der Waals surface area (Å²) in [4.78, 5) is 0. The molecule has 5 atom stereocenters. The van der Waals surface area contributed by atoms with Gasteiger partial charge in [0.25, 0.3) is 0 Å². The molecule has 0 heteroatoms. The highest BCUT2D eigenvalue weighted by atomic mass is 14.7. The maximum atomic E-state index is 2.63. The molecule has 3 saturated carbocycles. The Balaban J connectivity index is 1.95. The van der Waals surface area contributed by atoms with Crippen LogP contribution < -0.4 is 0 Å². The minimum absolute atomic E-state index is 0.676. The normalized spacial score (nSPS) is 56.8. The monoisotopic (exact) mass is 206 g/mol. The number of hydrogen-bond donors (Lipinski definition) is 0. The molecule has 3 aliphatic carbocycles. The molecule has 0 aromatic heterocycles. The molecule has 0 N–H and O–H groups in total. The van der Waals surface area contributed by atoms with Crippen molar-refractivity contribution in [1.82, 2.24) is 0 Å². The molecule has 0 saturated heterocycles. The lowest BCUT2D eigenvalue weighted by Gasteiger charge is -2.50. The van der Waals surface area contributed by atoms with Gasteiger partial charge in [0.15, 0.2) is 0 Å². The second-order valence-electron chi connectivity index (χ2n) is 7.38. The van der Waals surface area contributed by atoms with Gasteiger partial charge in [-0.05, 0) is 53.8 Å². The van der Waals surface area contributed by atoms with E-state index < -0.39 is 0 Å². The Labute approximate surface area is 94.8 Å². The van der Waals surface area contributed by atoms with E-state index in [-0.39, 0.29) is 0 Å². The molecule has 0 aromatic rings. The SMILES string of the molecule is C[C@@H]1CCC[C@@H]2CC[C@@H]3[C@@H](C3(C)C)[C@]21C. The van der Waals surface area contributed by atoms with Crippen molar-refractivity contribution >= 4 is 0 Å². The Bertz CT molecular complexity index is 278. The summed E-state index contributed by atoms with van der Waals surface area (Å²) < 4.78 is 0. The van der Waals surface area contributed by atoms with Crippen molar-refractivity contribution < 1.29 is 0 Å². The molecule has 0 aliphatic heterocycles. The molecule has 3 aliphatic rings. The lowest BCUT2D eigenvalue weighted by molar-refractivity contribution is -0.00877. The predicted octanol–water partition coefficient (Wildman–Crippen LogP) is 4.49. The first-order valence-electron chi connectivity index (χ1n) is 6.99. The zero-order valence-electron chi connectivity index (χ0n) is 10.8. The van der Waals surface area contributed by atoms with E-state index in [1.165, 1.54) is 32.1 Å². The standard InChI is InChI=1S/C15H26/c1-10-6-5-7-11-8-9-12-13(14(12,2)3)15(10,11)4/h10-13H,5-9H2,1-4H3/t10-,11-,12-,13+,15+/m1/s1. The average molecular weight is 206 g/mol. The molecule has 3 rings (SSSR count). The smallest absolute Gasteiger partial charge is 0.0236 e. The van der Waals surface area contributed by atoms with Gasteiger partial charge in [-0.25, -0.2) is 0 Å². The molecule has 0 unspecified atom stereocenters. The summed E-state index contributed by atoms with van der Waals surface area (Å²) >= 11 is 0. The van der Waals surface area contributed by atoms with Crippen molar-refractivity contribution in [2.75, 3.05) is 0 Å². The maximum Gasteiger partial charge on any atom is -0.0236 e. The summed E-state index contributed by atoms with van der Waals surface area (Å²) in [5, 5.41) is 0. The molecule has 0 bridgehead atoms. The molecule has 15 heavy (non-hydrogen) atoms. The van der Waals surface area contributed by atoms with Crippen molar-refractivity contribution in [3.8, 4) is 0 Å². The number of hydrogen-bond acceptors (Lipinski definition) is 0. The lowest BCUT2D eigenvalue weighted by atomic mass is 9.55. The summed E-state index contributed by atoms with van der Waals surface area (Å²) in [6, 6.07) is 0. The molecule has 0 nitrogen and oxygen atoms in total. The largest absolute Gasteiger partial charge is 0.0620 e. The van der Waals surface area contributed by atoms with Gasteiger partial charge in [0.1, 0.15) is 0 Å². The first-order chi connectivity index (χ1) is 6.99. The van der Waals surface area contributed by atoms with Crippen molar-refractivity contribution in [2.24, 2.45) is 34.5 Å². The topological polar surface area (TPSA) is 0 Å². The van der Waals surface area contributed by atoms with Gasteiger partial charge < -0.3 is 0 Å². The minimum atomic E-state index is 0.676. The molecule has 0 spiro atoms. The second-order valence-corrected chi connectivity index (χ2v) is 7.38. The fraction of sp³-hybridized carbons (Fsp3) is 1.00. The molecular formula is C15H26. The molecule has 86 valence electrons. The van der Waals surface area contributed by atoms with Crippen LogP contribution in [0.15, 0.2) is 0 Å². The van der Waals surface area contributed by atoms with Crippen LogP contribution in [0.3, 0.4) is 0 Å². The van der Waals surface area contributed by atoms with E-state index in [1.54, 1.807) is 0 Å². The third-order valence-corrected chi connectivity index (χ3v) is 6.68. The number of rotatable bonds is 0. The first kappa shape index (κ1) is 10.2. The van der Waals surface area contributed by atoms with Crippen LogP contribution in [0.1, 0.15) is 59.8 Å². The van der Waals surface area contributed by atoms with Gasteiger partial charge in [-0.3, -0.25) is 0 Å². The third-order valence-electron chi connectivity index (χ3n) is 6.68. The van der Waals surface area contributed by atoms with Gasteiger partial charge in [-0.15, -0.1) is 0 Å². The quantitative estimate of drug-likeness (QED) is 0.547. The molecular weight excluding hydrogens is 180 g/mol. The van der Waals surface area contributed by atoms with Crippen molar-refractivity contribution in [2.45, 2.75) is 59.8 Å². The van der Waals surface area contributed by atoms with Gasteiger partial charge in [-0.1, -0.05) is 40.5 Å². The molecule has 3 fully saturated rings. The van der Waals surface area contributed by atoms with E-state index in [0.29, 0.717) is 10.8 Å². The van der Waals surface area contributed by atoms with Crippen LogP contribution >= 0.6 is 0 Å². The highest BCUT2D eigenvalue weighted by molar-refractivity contribution is 5.17. The Morgan fingerprint density at radius 1 is 0.933 bits per heavy atom. The van der Waals surface area contributed by atoms with E-state index in [0.717, 1.165) is 23.7 Å². The summed E-state index contributed by atoms with van der Waals surface area (Å²) in [6.45, 7) is 10.2. The number of fused-ring (bicyclic) bond motifs is 3. The minimum Gasteiger partial charge on any atom is -0.0620 e. The Kier molecular flexibility index (Phi) is 1.91. The van der Waals surface area contributed by atoms with E-state index in [2.05, 4.69) is 27.7 Å². The van der Waals surface area contributed by atoms with Crippen LogP contribution in [0.2, 0.25) is 0 Å². The van der Waals surface area contributed by atoms with Crippen molar-refractivity contribution in [3.63, 3.8) is 0 Å². The van der Waals surface area contributed by atoms with Crippen molar-refractivity contribution in [1.29, 1.82) is 0 Å². The van der Waals surface area contributed by atoms with Crippen LogP contribution in [0.25, 0.3) is 0 Å². The summed E-state index contributed by atoms with van der Waals surface area (Å²) in [5.74, 6) is 4.16. The molecule has 0 amide bonds. The third kappa shape index (κ3) is 1.09. The van der Waals surface area contributed by atoms with Crippen LogP contribution in [-0.2, 0) is 0 Å². The Morgan fingerprint density at radius 3 is 2.40 bits per heavy atom. The highest BCUT2D eigenvalue weighted by Gasteiger charge is 2.69. The fourth-order valence-electron chi connectivity index (χ4n) is 5.61. The summed E-state index contributed by atoms with van der Waals surface area (Å²) in [6.07, 6.45) is 7.59. The highest BCUT2D eigenvalue weighted by Crippen LogP contribution is 2.75.